The van der Waals surface area contributed by atoms with Gasteiger partial charge in [0.1, 0.15) is 12.1 Å². The SMILES string of the molecule is CC(C)(CO)[C@@H](O)C(=O)NCCC(=O)OOC(=O)C(N)CCCCN. The number of aliphatic hydroxyl groups is 2. The molecule has 1 unspecified atom stereocenters. The number of hydrogen-bond acceptors (Lipinski definition) is 9. The Labute approximate surface area is 146 Å². The fourth-order valence-corrected chi connectivity index (χ4v) is 1.64. The maximum absolute atomic E-state index is 11.7. The topological polar surface area (TPSA) is 174 Å². The van der Waals surface area contributed by atoms with E-state index in [1.54, 1.807) is 0 Å². The summed E-state index contributed by atoms with van der Waals surface area (Å²) in [5.74, 6) is -2.47. The largest absolute Gasteiger partial charge is 0.396 e. The summed E-state index contributed by atoms with van der Waals surface area (Å²) >= 11 is 0. The molecule has 7 N–H and O–H groups in total. The summed E-state index contributed by atoms with van der Waals surface area (Å²) in [5.41, 5.74) is 9.87. The molecule has 1 amide bonds. The summed E-state index contributed by atoms with van der Waals surface area (Å²) in [7, 11) is 0. The van der Waals surface area contributed by atoms with Gasteiger partial charge in [0.15, 0.2) is 0 Å². The Bertz CT molecular complexity index is 443. The van der Waals surface area contributed by atoms with Gasteiger partial charge < -0.3 is 27.0 Å². The van der Waals surface area contributed by atoms with Crippen molar-refractivity contribution in [3.8, 4) is 0 Å². The highest BCUT2D eigenvalue weighted by molar-refractivity contribution is 5.82. The van der Waals surface area contributed by atoms with Gasteiger partial charge in [0.25, 0.3) is 0 Å². The van der Waals surface area contributed by atoms with Gasteiger partial charge in [-0.3, -0.25) is 4.79 Å². The van der Waals surface area contributed by atoms with Crippen LogP contribution in [-0.4, -0.2) is 59.9 Å². The molecule has 0 aromatic carbocycles. The van der Waals surface area contributed by atoms with Gasteiger partial charge in [0, 0.05) is 12.0 Å². The van der Waals surface area contributed by atoms with E-state index in [0.29, 0.717) is 19.4 Å². The van der Waals surface area contributed by atoms with Crippen LogP contribution in [-0.2, 0) is 24.2 Å². The zero-order chi connectivity index (χ0) is 19.5. The first-order valence-electron chi connectivity index (χ1n) is 8.09. The number of carbonyl (C=O) groups excluding carboxylic acids is 3. The molecule has 0 radical (unpaired) electrons. The second kappa shape index (κ2) is 11.7. The lowest BCUT2D eigenvalue weighted by molar-refractivity contribution is -0.260. The predicted octanol–water partition coefficient (Wildman–Crippen LogP) is -1.67. The first kappa shape index (κ1) is 23.2. The van der Waals surface area contributed by atoms with E-state index in [4.69, 9.17) is 16.6 Å². The van der Waals surface area contributed by atoms with E-state index in [0.717, 1.165) is 6.42 Å². The van der Waals surface area contributed by atoms with Crippen molar-refractivity contribution in [3.63, 3.8) is 0 Å². The van der Waals surface area contributed by atoms with Crippen LogP contribution in [0.4, 0.5) is 0 Å². The van der Waals surface area contributed by atoms with E-state index >= 15 is 0 Å². The highest BCUT2D eigenvalue weighted by atomic mass is 17.2. The second-order valence-corrected chi connectivity index (χ2v) is 6.34. The lowest BCUT2D eigenvalue weighted by Crippen LogP contribution is -2.46. The van der Waals surface area contributed by atoms with E-state index in [9.17, 15) is 19.5 Å². The summed E-state index contributed by atoms with van der Waals surface area (Å²) in [5, 5.41) is 21.2. The fourth-order valence-electron chi connectivity index (χ4n) is 1.64. The number of amides is 1. The van der Waals surface area contributed by atoms with Crippen LogP contribution < -0.4 is 16.8 Å². The fraction of sp³-hybridized carbons (Fsp3) is 0.800. The summed E-state index contributed by atoms with van der Waals surface area (Å²) in [6.07, 6.45) is 0.0343. The summed E-state index contributed by atoms with van der Waals surface area (Å²) < 4.78 is 0. The van der Waals surface area contributed by atoms with Gasteiger partial charge in [0.05, 0.1) is 13.0 Å². The minimum Gasteiger partial charge on any atom is -0.396 e. The van der Waals surface area contributed by atoms with Gasteiger partial charge in [-0.15, -0.1) is 0 Å². The minimum atomic E-state index is -1.43. The monoisotopic (exact) mass is 363 g/mol. The molecule has 0 aromatic heterocycles. The standard InChI is InChI=1S/C15H29N3O7/c1-15(2,9-19)12(21)13(22)18-8-6-11(20)24-25-14(23)10(17)5-3-4-7-16/h10,12,19,21H,3-9,16-17H2,1-2H3,(H,18,22)/t10?,12-/m0/s1. The first-order chi connectivity index (χ1) is 11.7. The molecule has 0 aliphatic rings. The summed E-state index contributed by atoms with van der Waals surface area (Å²) in [6, 6.07) is -0.907. The van der Waals surface area contributed by atoms with E-state index in [1.807, 2.05) is 0 Å². The maximum Gasteiger partial charge on any atom is 0.372 e. The minimum absolute atomic E-state index is 0.129. The smallest absolute Gasteiger partial charge is 0.372 e. The Morgan fingerprint density at radius 1 is 1.20 bits per heavy atom. The van der Waals surface area contributed by atoms with E-state index in [2.05, 4.69) is 15.1 Å². The van der Waals surface area contributed by atoms with Crippen LogP contribution in [0.25, 0.3) is 0 Å². The third kappa shape index (κ3) is 9.34. The van der Waals surface area contributed by atoms with Crippen LogP contribution in [0.1, 0.15) is 39.5 Å². The third-order valence-electron chi connectivity index (χ3n) is 3.51. The molecular weight excluding hydrogens is 334 g/mol. The first-order valence-corrected chi connectivity index (χ1v) is 8.09. The molecule has 0 aromatic rings. The number of rotatable bonds is 11. The van der Waals surface area contributed by atoms with Crippen LogP contribution in [0.3, 0.4) is 0 Å². The Morgan fingerprint density at radius 2 is 1.84 bits per heavy atom. The van der Waals surface area contributed by atoms with Crippen LogP contribution >= 0.6 is 0 Å². The molecule has 0 bridgehead atoms. The normalized spacial score (nSPS) is 13.7. The van der Waals surface area contributed by atoms with Crippen molar-refractivity contribution in [2.45, 2.75) is 51.7 Å². The average molecular weight is 363 g/mol. The molecule has 0 saturated heterocycles. The summed E-state index contributed by atoms with van der Waals surface area (Å²) in [6.45, 7) is 3.01. The number of nitrogens with two attached hydrogens (primary N) is 2. The molecule has 25 heavy (non-hydrogen) atoms. The molecule has 2 atom stereocenters. The molecule has 0 saturated carbocycles. The van der Waals surface area contributed by atoms with Crippen molar-refractivity contribution < 1.29 is 34.4 Å². The molecule has 0 spiro atoms. The lowest BCUT2D eigenvalue weighted by Gasteiger charge is -2.26. The van der Waals surface area contributed by atoms with E-state index in [1.165, 1.54) is 13.8 Å². The van der Waals surface area contributed by atoms with Gasteiger partial charge >= 0.3 is 11.9 Å². The highest BCUT2D eigenvalue weighted by Crippen LogP contribution is 2.19. The van der Waals surface area contributed by atoms with E-state index in [-0.39, 0.29) is 19.6 Å². The zero-order valence-electron chi connectivity index (χ0n) is 14.7. The van der Waals surface area contributed by atoms with Crippen LogP contribution in [0, 0.1) is 5.41 Å². The Morgan fingerprint density at radius 3 is 2.40 bits per heavy atom. The predicted molar refractivity (Wildman–Crippen MR) is 87.6 cm³/mol. The van der Waals surface area contributed by atoms with Gasteiger partial charge in [-0.1, -0.05) is 20.3 Å². The highest BCUT2D eigenvalue weighted by Gasteiger charge is 2.32. The Kier molecular flexibility index (Phi) is 10.9. The Hall–Kier alpha value is -1.75. The molecule has 0 aliphatic heterocycles. The van der Waals surface area contributed by atoms with Crippen LogP contribution in [0.2, 0.25) is 0 Å². The van der Waals surface area contributed by atoms with E-state index < -0.39 is 35.4 Å². The lowest BCUT2D eigenvalue weighted by atomic mass is 9.87. The quantitative estimate of drug-likeness (QED) is 0.163. The molecule has 0 aliphatic carbocycles. The number of carbonyl (C=O) groups is 3. The van der Waals surface area contributed by atoms with Crippen molar-refractivity contribution in [2.75, 3.05) is 19.7 Å². The number of aliphatic hydroxyl groups excluding tert-OH is 2. The molecule has 0 rings (SSSR count). The Balaban J connectivity index is 4.01. The molecule has 146 valence electrons. The average Bonchev–Trinajstić information content (AvgIpc) is 2.58. The number of hydrogen-bond donors (Lipinski definition) is 5. The van der Waals surface area contributed by atoms with Crippen molar-refractivity contribution in [1.82, 2.24) is 5.32 Å². The van der Waals surface area contributed by atoms with Crippen LogP contribution in [0.15, 0.2) is 0 Å². The van der Waals surface area contributed by atoms with Crippen molar-refractivity contribution in [3.05, 3.63) is 0 Å². The van der Waals surface area contributed by atoms with Gasteiger partial charge in [0.2, 0.25) is 5.91 Å². The molecule has 0 heterocycles. The zero-order valence-corrected chi connectivity index (χ0v) is 14.7. The van der Waals surface area contributed by atoms with Gasteiger partial charge in [-0.25, -0.2) is 19.4 Å². The molecule has 0 fully saturated rings. The number of unbranched alkanes of at least 4 members (excludes halogenated alkanes) is 1. The molecule has 10 heteroatoms. The second-order valence-electron chi connectivity index (χ2n) is 6.34. The third-order valence-corrected chi connectivity index (χ3v) is 3.51. The van der Waals surface area contributed by atoms with Crippen LogP contribution in [0.5, 0.6) is 0 Å². The summed E-state index contributed by atoms with van der Waals surface area (Å²) in [4.78, 5) is 43.2. The van der Waals surface area contributed by atoms with Crippen molar-refractivity contribution in [2.24, 2.45) is 16.9 Å². The number of nitrogens with one attached hydrogen (secondary N) is 1. The van der Waals surface area contributed by atoms with Gasteiger partial charge in [-0.05, 0) is 19.4 Å². The van der Waals surface area contributed by atoms with Gasteiger partial charge in [-0.2, -0.15) is 0 Å². The van der Waals surface area contributed by atoms with Crippen molar-refractivity contribution in [1.29, 1.82) is 0 Å². The van der Waals surface area contributed by atoms with Crippen molar-refractivity contribution >= 4 is 17.8 Å². The molecular formula is C15H29N3O7. The molecule has 10 nitrogen and oxygen atoms in total. The maximum atomic E-state index is 11.7.